The van der Waals surface area contributed by atoms with Gasteiger partial charge in [-0.05, 0) is 6.92 Å². The van der Waals surface area contributed by atoms with Gasteiger partial charge in [0.05, 0.1) is 5.01 Å². The fourth-order valence-corrected chi connectivity index (χ4v) is 3.50. The molecule has 0 saturated carbocycles. The number of aromatic nitrogens is 3. The Kier molecular flexibility index (Phi) is 3.55. The monoisotopic (exact) mass is 258 g/mol. The molecule has 0 aliphatic heterocycles. The number of nitrogens with zero attached hydrogens (tertiary/aromatic N) is 3. The van der Waals surface area contributed by atoms with Gasteiger partial charge in [-0.25, -0.2) is 4.98 Å². The standard InChI is InChI=1S/C8H10N4S3/c1-5-10-3-6(14-5)4-13-8-12-11-7(9-2)15-8/h3H,4H2,1-2H3,(H,9,11). The van der Waals surface area contributed by atoms with Gasteiger partial charge in [-0.1, -0.05) is 23.1 Å². The van der Waals surface area contributed by atoms with Crippen LogP contribution in [-0.4, -0.2) is 22.2 Å². The number of hydrogen-bond donors (Lipinski definition) is 1. The van der Waals surface area contributed by atoms with Crippen LogP contribution < -0.4 is 5.32 Å². The van der Waals surface area contributed by atoms with Crippen LogP contribution in [0, 0.1) is 6.92 Å². The number of thioether (sulfide) groups is 1. The summed E-state index contributed by atoms with van der Waals surface area (Å²) in [6.07, 6.45) is 1.92. The van der Waals surface area contributed by atoms with Crippen LogP contribution in [0.4, 0.5) is 5.13 Å². The van der Waals surface area contributed by atoms with Crippen molar-refractivity contribution in [3.63, 3.8) is 0 Å². The average molecular weight is 258 g/mol. The van der Waals surface area contributed by atoms with Crippen LogP contribution >= 0.6 is 34.4 Å². The second kappa shape index (κ2) is 4.91. The van der Waals surface area contributed by atoms with Crippen LogP contribution in [0.1, 0.15) is 9.88 Å². The minimum Gasteiger partial charge on any atom is -0.363 e. The van der Waals surface area contributed by atoms with Crippen LogP contribution in [0.2, 0.25) is 0 Å². The van der Waals surface area contributed by atoms with E-state index in [0.29, 0.717) is 0 Å². The van der Waals surface area contributed by atoms with Gasteiger partial charge in [0, 0.05) is 23.9 Å². The number of thiazole rings is 1. The highest BCUT2D eigenvalue weighted by Crippen LogP contribution is 2.29. The van der Waals surface area contributed by atoms with E-state index >= 15 is 0 Å². The van der Waals surface area contributed by atoms with Gasteiger partial charge in [-0.3, -0.25) is 0 Å². The van der Waals surface area contributed by atoms with E-state index in [-0.39, 0.29) is 0 Å². The van der Waals surface area contributed by atoms with E-state index < -0.39 is 0 Å². The molecule has 0 amide bonds. The van der Waals surface area contributed by atoms with Crippen LogP contribution in [0.15, 0.2) is 10.5 Å². The molecule has 1 N–H and O–H groups in total. The third kappa shape index (κ3) is 2.90. The maximum Gasteiger partial charge on any atom is 0.206 e. The molecule has 0 aliphatic rings. The Morgan fingerprint density at radius 1 is 1.40 bits per heavy atom. The summed E-state index contributed by atoms with van der Waals surface area (Å²) in [6.45, 7) is 2.02. The van der Waals surface area contributed by atoms with Gasteiger partial charge < -0.3 is 5.32 Å². The number of anilines is 1. The Morgan fingerprint density at radius 2 is 2.27 bits per heavy atom. The highest BCUT2D eigenvalue weighted by atomic mass is 32.2. The van der Waals surface area contributed by atoms with Crippen molar-refractivity contribution in [1.82, 2.24) is 15.2 Å². The lowest BCUT2D eigenvalue weighted by Gasteiger charge is -1.91. The van der Waals surface area contributed by atoms with Crippen molar-refractivity contribution in [1.29, 1.82) is 0 Å². The molecule has 4 nitrogen and oxygen atoms in total. The molecule has 7 heteroatoms. The fourth-order valence-electron chi connectivity index (χ4n) is 0.974. The number of nitrogens with one attached hydrogen (secondary N) is 1. The Balaban J connectivity index is 1.93. The average Bonchev–Trinajstić information content (AvgIpc) is 2.83. The SMILES string of the molecule is CNc1nnc(SCc2cnc(C)s2)s1. The summed E-state index contributed by atoms with van der Waals surface area (Å²) in [5.74, 6) is 0.920. The van der Waals surface area contributed by atoms with Crippen molar-refractivity contribution in [2.24, 2.45) is 0 Å². The predicted octanol–water partition coefficient (Wildman–Crippen LogP) is 2.64. The lowest BCUT2D eigenvalue weighted by molar-refractivity contribution is 1.01. The van der Waals surface area contributed by atoms with E-state index in [1.807, 2.05) is 20.2 Å². The first-order chi connectivity index (χ1) is 7.28. The molecule has 0 aromatic carbocycles. The summed E-state index contributed by atoms with van der Waals surface area (Å²) in [4.78, 5) is 5.49. The Labute approximate surface area is 100 Å². The largest absolute Gasteiger partial charge is 0.363 e. The Morgan fingerprint density at radius 3 is 2.87 bits per heavy atom. The number of aryl methyl sites for hydroxylation is 1. The van der Waals surface area contributed by atoms with Crippen molar-refractivity contribution in [3.05, 3.63) is 16.1 Å². The second-order valence-corrected chi connectivity index (χ2v) is 6.28. The van der Waals surface area contributed by atoms with E-state index in [1.54, 1.807) is 34.4 Å². The van der Waals surface area contributed by atoms with Gasteiger partial charge in [-0.2, -0.15) is 0 Å². The number of rotatable bonds is 4. The van der Waals surface area contributed by atoms with Gasteiger partial charge in [0.2, 0.25) is 5.13 Å². The van der Waals surface area contributed by atoms with Crippen LogP contribution in [0.3, 0.4) is 0 Å². The molecule has 0 atom stereocenters. The molecule has 0 saturated heterocycles. The predicted molar refractivity (Wildman–Crippen MR) is 65.9 cm³/mol. The van der Waals surface area contributed by atoms with Crippen molar-refractivity contribution in [2.45, 2.75) is 17.0 Å². The molecule has 0 unspecified atom stereocenters. The minimum absolute atomic E-state index is 0.859. The quantitative estimate of drug-likeness (QED) is 0.854. The third-order valence-electron chi connectivity index (χ3n) is 1.63. The van der Waals surface area contributed by atoms with Gasteiger partial charge in [0.25, 0.3) is 0 Å². The molecule has 0 spiro atoms. The van der Waals surface area contributed by atoms with Crippen molar-refractivity contribution in [2.75, 3.05) is 12.4 Å². The van der Waals surface area contributed by atoms with E-state index in [0.717, 1.165) is 20.2 Å². The molecule has 0 fully saturated rings. The molecular formula is C8H10N4S3. The minimum atomic E-state index is 0.859. The molecule has 0 radical (unpaired) electrons. The van der Waals surface area contributed by atoms with E-state index in [1.165, 1.54) is 4.88 Å². The molecule has 15 heavy (non-hydrogen) atoms. The summed E-state index contributed by atoms with van der Waals surface area (Å²) < 4.78 is 0.991. The van der Waals surface area contributed by atoms with Gasteiger partial charge in [0.15, 0.2) is 4.34 Å². The van der Waals surface area contributed by atoms with Crippen molar-refractivity contribution < 1.29 is 0 Å². The summed E-state index contributed by atoms with van der Waals surface area (Å²) in [5.41, 5.74) is 0. The zero-order valence-electron chi connectivity index (χ0n) is 8.35. The molecule has 2 rings (SSSR count). The van der Waals surface area contributed by atoms with Gasteiger partial charge in [-0.15, -0.1) is 21.5 Å². The fraction of sp³-hybridized carbons (Fsp3) is 0.375. The molecular weight excluding hydrogens is 248 g/mol. The molecule has 0 aliphatic carbocycles. The summed E-state index contributed by atoms with van der Waals surface area (Å²) in [7, 11) is 1.85. The van der Waals surface area contributed by atoms with Gasteiger partial charge in [0.1, 0.15) is 0 Å². The highest BCUT2D eigenvalue weighted by Gasteiger charge is 2.04. The molecule has 2 heterocycles. The van der Waals surface area contributed by atoms with Gasteiger partial charge >= 0.3 is 0 Å². The summed E-state index contributed by atoms with van der Waals surface area (Å²) in [6, 6.07) is 0. The summed E-state index contributed by atoms with van der Waals surface area (Å²) in [5, 5.41) is 13.0. The lowest BCUT2D eigenvalue weighted by atomic mass is 10.6. The molecule has 0 bridgehead atoms. The summed E-state index contributed by atoms with van der Waals surface area (Å²) >= 11 is 5.00. The first kappa shape index (κ1) is 10.8. The van der Waals surface area contributed by atoms with E-state index in [4.69, 9.17) is 0 Å². The topological polar surface area (TPSA) is 50.7 Å². The smallest absolute Gasteiger partial charge is 0.206 e. The normalized spacial score (nSPS) is 10.5. The Bertz CT molecular complexity index is 437. The number of hydrogen-bond acceptors (Lipinski definition) is 7. The maximum atomic E-state index is 4.21. The first-order valence-corrected chi connectivity index (χ1v) is 6.95. The zero-order valence-corrected chi connectivity index (χ0v) is 10.8. The maximum absolute atomic E-state index is 4.21. The van der Waals surface area contributed by atoms with E-state index in [9.17, 15) is 0 Å². The van der Waals surface area contributed by atoms with Crippen molar-refractivity contribution >= 4 is 39.6 Å². The van der Waals surface area contributed by atoms with Crippen LogP contribution in [0.25, 0.3) is 0 Å². The lowest BCUT2D eigenvalue weighted by Crippen LogP contribution is -1.84. The molecule has 2 aromatic heterocycles. The van der Waals surface area contributed by atoms with Crippen LogP contribution in [0.5, 0.6) is 0 Å². The van der Waals surface area contributed by atoms with E-state index in [2.05, 4.69) is 20.5 Å². The second-order valence-electron chi connectivity index (χ2n) is 2.76. The molecule has 80 valence electrons. The Hall–Kier alpha value is -0.660. The third-order valence-corrected chi connectivity index (χ3v) is 4.85. The highest BCUT2D eigenvalue weighted by molar-refractivity contribution is 8.00. The zero-order chi connectivity index (χ0) is 10.7. The molecule has 2 aromatic rings. The van der Waals surface area contributed by atoms with Crippen molar-refractivity contribution in [3.8, 4) is 0 Å². The van der Waals surface area contributed by atoms with Crippen LogP contribution in [-0.2, 0) is 5.75 Å². The first-order valence-electron chi connectivity index (χ1n) is 4.33.